The van der Waals surface area contributed by atoms with Gasteiger partial charge in [-0.05, 0) is 24.5 Å². The number of halogens is 1. The van der Waals surface area contributed by atoms with E-state index in [1.165, 1.54) is 0 Å². The molecule has 150 valence electrons. The van der Waals surface area contributed by atoms with Crippen molar-refractivity contribution in [3.05, 3.63) is 34.9 Å². The Morgan fingerprint density at radius 3 is 2.71 bits per heavy atom. The van der Waals surface area contributed by atoms with Crippen LogP contribution in [0.2, 0.25) is 5.02 Å². The molecule has 8 heteroatoms. The molecule has 0 bridgehead atoms. The predicted molar refractivity (Wildman–Crippen MR) is 103 cm³/mol. The number of carbonyl (C=O) groups excluding carboxylic acids is 3. The minimum absolute atomic E-state index is 0.0345. The summed E-state index contributed by atoms with van der Waals surface area (Å²) in [6, 6.07) is 9.26. The molecule has 1 aliphatic rings. The van der Waals surface area contributed by atoms with Crippen LogP contribution in [0.25, 0.3) is 0 Å². The predicted octanol–water partition coefficient (Wildman–Crippen LogP) is 2.29. The van der Waals surface area contributed by atoms with E-state index >= 15 is 0 Å². The van der Waals surface area contributed by atoms with Crippen molar-refractivity contribution in [1.82, 2.24) is 10.2 Å². The highest BCUT2D eigenvalue weighted by Gasteiger charge is 2.36. The summed E-state index contributed by atoms with van der Waals surface area (Å²) in [7, 11) is 0. The minimum atomic E-state index is -1.04. The van der Waals surface area contributed by atoms with Gasteiger partial charge >= 0.3 is 5.97 Å². The molecule has 0 aliphatic carbocycles. The van der Waals surface area contributed by atoms with E-state index < -0.39 is 29.9 Å². The SMILES string of the molecule is CC(C)[C@](C)(C#N)NC(=O)COC(=O)[C@H]1CC(=O)N(Cc2ccccc2Cl)C1. The first-order chi connectivity index (χ1) is 13.2. The lowest BCUT2D eigenvalue weighted by Crippen LogP contribution is -2.50. The number of hydrogen-bond donors (Lipinski definition) is 1. The molecule has 1 N–H and O–H groups in total. The molecule has 1 aliphatic heterocycles. The molecule has 0 aromatic heterocycles. The molecule has 0 spiro atoms. The smallest absolute Gasteiger partial charge is 0.311 e. The van der Waals surface area contributed by atoms with Gasteiger partial charge in [-0.25, -0.2) is 0 Å². The lowest BCUT2D eigenvalue weighted by Gasteiger charge is -2.27. The normalized spacial score (nSPS) is 18.5. The number of nitrogens with zero attached hydrogens (tertiary/aromatic N) is 2. The topological polar surface area (TPSA) is 99.5 Å². The number of amides is 2. The highest BCUT2D eigenvalue weighted by atomic mass is 35.5. The average Bonchev–Trinajstić information content (AvgIpc) is 3.02. The third-order valence-corrected chi connectivity index (χ3v) is 5.37. The van der Waals surface area contributed by atoms with Gasteiger partial charge in [-0.1, -0.05) is 43.6 Å². The van der Waals surface area contributed by atoms with E-state index in [-0.39, 0.29) is 24.8 Å². The summed E-state index contributed by atoms with van der Waals surface area (Å²) in [4.78, 5) is 38.0. The summed E-state index contributed by atoms with van der Waals surface area (Å²) in [5, 5.41) is 12.4. The van der Waals surface area contributed by atoms with Crippen molar-refractivity contribution < 1.29 is 19.1 Å². The fourth-order valence-electron chi connectivity index (χ4n) is 2.80. The summed E-state index contributed by atoms with van der Waals surface area (Å²) >= 11 is 6.12. The molecule has 0 saturated carbocycles. The zero-order valence-electron chi connectivity index (χ0n) is 16.2. The monoisotopic (exact) mass is 405 g/mol. The van der Waals surface area contributed by atoms with Gasteiger partial charge in [0.1, 0.15) is 5.54 Å². The Morgan fingerprint density at radius 2 is 2.11 bits per heavy atom. The van der Waals surface area contributed by atoms with Gasteiger partial charge in [0.15, 0.2) is 6.61 Å². The molecule has 1 fully saturated rings. The number of nitrogens with one attached hydrogen (secondary N) is 1. The number of ether oxygens (including phenoxy) is 1. The van der Waals surface area contributed by atoms with E-state index in [0.717, 1.165) is 5.56 Å². The van der Waals surface area contributed by atoms with Crippen LogP contribution >= 0.6 is 11.6 Å². The van der Waals surface area contributed by atoms with Crippen molar-refractivity contribution in [2.75, 3.05) is 13.2 Å². The van der Waals surface area contributed by atoms with Crippen molar-refractivity contribution in [3.8, 4) is 6.07 Å². The van der Waals surface area contributed by atoms with Crippen molar-refractivity contribution in [1.29, 1.82) is 5.26 Å². The van der Waals surface area contributed by atoms with Crippen LogP contribution in [0.3, 0.4) is 0 Å². The summed E-state index contributed by atoms with van der Waals surface area (Å²) < 4.78 is 5.06. The van der Waals surface area contributed by atoms with Gasteiger partial charge in [0, 0.05) is 24.5 Å². The van der Waals surface area contributed by atoms with E-state index in [2.05, 4.69) is 11.4 Å². The first-order valence-electron chi connectivity index (χ1n) is 9.06. The Labute approximate surface area is 169 Å². The molecule has 1 saturated heterocycles. The Balaban J connectivity index is 1.87. The van der Waals surface area contributed by atoms with Gasteiger partial charge in [-0.2, -0.15) is 5.26 Å². The van der Waals surface area contributed by atoms with Crippen molar-refractivity contribution >= 4 is 29.4 Å². The van der Waals surface area contributed by atoms with E-state index in [9.17, 15) is 19.6 Å². The first-order valence-corrected chi connectivity index (χ1v) is 9.44. The lowest BCUT2D eigenvalue weighted by atomic mass is 9.90. The second-order valence-corrected chi connectivity index (χ2v) is 7.80. The Hall–Kier alpha value is -2.59. The number of nitriles is 1. The molecule has 2 amide bonds. The van der Waals surface area contributed by atoms with E-state index in [0.29, 0.717) is 11.6 Å². The van der Waals surface area contributed by atoms with Crippen LogP contribution in [0.5, 0.6) is 0 Å². The molecular weight excluding hydrogens is 382 g/mol. The van der Waals surface area contributed by atoms with E-state index in [4.69, 9.17) is 16.3 Å². The molecule has 2 atom stereocenters. The molecule has 1 aromatic carbocycles. The first kappa shape index (κ1) is 21.7. The molecule has 28 heavy (non-hydrogen) atoms. The standard InChI is InChI=1S/C20H24ClN3O4/c1-13(2)20(3,12-22)23-17(25)11-28-19(27)15-8-18(26)24(10-15)9-14-6-4-5-7-16(14)21/h4-7,13,15H,8-11H2,1-3H3,(H,23,25)/t15-,20-/m0/s1. The van der Waals surface area contributed by atoms with Crippen LogP contribution in [0.15, 0.2) is 24.3 Å². The largest absolute Gasteiger partial charge is 0.455 e. The van der Waals surface area contributed by atoms with E-state index in [1.807, 2.05) is 26.0 Å². The average molecular weight is 406 g/mol. The fourth-order valence-corrected chi connectivity index (χ4v) is 2.99. The van der Waals surface area contributed by atoms with Gasteiger partial charge in [0.25, 0.3) is 5.91 Å². The van der Waals surface area contributed by atoms with Gasteiger partial charge in [-0.3, -0.25) is 14.4 Å². The number of esters is 1. The zero-order valence-corrected chi connectivity index (χ0v) is 17.0. The van der Waals surface area contributed by atoms with Crippen molar-refractivity contribution in [3.63, 3.8) is 0 Å². The second-order valence-electron chi connectivity index (χ2n) is 7.39. The molecule has 7 nitrogen and oxygen atoms in total. The Morgan fingerprint density at radius 1 is 1.43 bits per heavy atom. The number of carbonyl (C=O) groups is 3. The summed E-state index contributed by atoms with van der Waals surface area (Å²) in [6.07, 6.45) is 0.0345. The zero-order chi connectivity index (χ0) is 20.9. The number of hydrogen-bond acceptors (Lipinski definition) is 5. The summed E-state index contributed by atoms with van der Waals surface area (Å²) in [5.74, 6) is -2.06. The van der Waals surface area contributed by atoms with Crippen LogP contribution in [-0.2, 0) is 25.7 Å². The fraction of sp³-hybridized carbons (Fsp3) is 0.500. The van der Waals surface area contributed by atoms with Gasteiger partial charge in [0.05, 0.1) is 12.0 Å². The van der Waals surface area contributed by atoms with Crippen LogP contribution < -0.4 is 5.32 Å². The van der Waals surface area contributed by atoms with Gasteiger partial charge in [-0.15, -0.1) is 0 Å². The summed E-state index contributed by atoms with van der Waals surface area (Å²) in [5.41, 5.74) is -0.242. The highest BCUT2D eigenvalue weighted by Crippen LogP contribution is 2.24. The Kier molecular flexibility index (Phi) is 7.03. The van der Waals surface area contributed by atoms with Crippen LogP contribution in [-0.4, -0.2) is 41.4 Å². The third-order valence-electron chi connectivity index (χ3n) is 5.00. The summed E-state index contributed by atoms with van der Waals surface area (Å²) in [6.45, 7) is 5.28. The highest BCUT2D eigenvalue weighted by molar-refractivity contribution is 6.31. The molecule has 2 rings (SSSR count). The van der Waals surface area contributed by atoms with Crippen molar-refractivity contribution in [2.45, 2.75) is 39.3 Å². The van der Waals surface area contributed by atoms with Gasteiger partial charge < -0.3 is 15.0 Å². The molecule has 1 heterocycles. The second kappa shape index (κ2) is 9.07. The third kappa shape index (κ3) is 5.23. The minimum Gasteiger partial charge on any atom is -0.455 e. The maximum absolute atomic E-state index is 12.3. The maximum atomic E-state index is 12.3. The quantitative estimate of drug-likeness (QED) is 0.701. The molecule has 0 radical (unpaired) electrons. The molecule has 0 unspecified atom stereocenters. The molecule has 1 aromatic rings. The number of rotatable bonds is 7. The lowest BCUT2D eigenvalue weighted by molar-refractivity contribution is -0.152. The van der Waals surface area contributed by atoms with Crippen LogP contribution in [0.4, 0.5) is 0 Å². The van der Waals surface area contributed by atoms with Gasteiger partial charge in [0.2, 0.25) is 5.91 Å². The molecular formula is C20H24ClN3O4. The van der Waals surface area contributed by atoms with Crippen molar-refractivity contribution in [2.24, 2.45) is 11.8 Å². The number of benzene rings is 1. The van der Waals surface area contributed by atoms with Crippen LogP contribution in [0.1, 0.15) is 32.8 Å². The maximum Gasteiger partial charge on any atom is 0.311 e. The van der Waals surface area contributed by atoms with E-state index in [1.54, 1.807) is 24.0 Å². The van der Waals surface area contributed by atoms with Crippen LogP contribution in [0, 0.1) is 23.2 Å². The Bertz CT molecular complexity index is 805. The number of likely N-dealkylation sites (tertiary alicyclic amines) is 1.